The topological polar surface area (TPSA) is 18.1 Å². The minimum absolute atomic E-state index is 0.477. The van der Waals surface area contributed by atoms with Gasteiger partial charge in [-0.25, -0.2) is 0 Å². The molecule has 0 unspecified atom stereocenters. The van der Waals surface area contributed by atoms with Gasteiger partial charge in [-0.05, 0) is 92.2 Å². The molecule has 9 aromatic carbocycles. The van der Waals surface area contributed by atoms with Crippen molar-refractivity contribution in [3.8, 4) is 27.9 Å². The monoisotopic (exact) mass is 699 g/mol. The fourth-order valence-electron chi connectivity index (χ4n) is 9.69. The van der Waals surface area contributed by atoms with Gasteiger partial charge in [0.05, 0.1) is 16.4 Å². The van der Waals surface area contributed by atoms with E-state index in [0.29, 0.717) is 0 Å². The van der Waals surface area contributed by atoms with E-state index in [2.05, 4.69) is 205 Å². The third-order valence-electron chi connectivity index (χ3n) is 12.1. The van der Waals surface area contributed by atoms with Gasteiger partial charge in [0.2, 0.25) is 0 Å². The quantitative estimate of drug-likeness (QED) is 0.179. The van der Waals surface area contributed by atoms with Crippen LogP contribution in [-0.2, 0) is 5.41 Å². The van der Waals surface area contributed by atoms with Crippen LogP contribution in [0.15, 0.2) is 205 Å². The molecule has 0 N–H and O–H groups in total. The van der Waals surface area contributed by atoms with Crippen LogP contribution in [0.4, 0.5) is 0 Å². The highest BCUT2D eigenvalue weighted by atomic mass is 16.3. The lowest BCUT2D eigenvalue weighted by Crippen LogP contribution is -2.28. The second-order valence-corrected chi connectivity index (χ2v) is 14.8. The number of hydrogen-bond acceptors (Lipinski definition) is 1. The van der Waals surface area contributed by atoms with Crippen molar-refractivity contribution in [3.63, 3.8) is 0 Å². The predicted molar refractivity (Wildman–Crippen MR) is 228 cm³/mol. The SMILES string of the molecule is c1ccc(C2(c3ccccc3)c3ccccc3-c3cc4c(cc32)oc2c(-c3ccc5c(c3)c3ccccc3n5-c3ccc5ccccc5c3)cccc24)cc1. The van der Waals surface area contributed by atoms with Gasteiger partial charge in [-0.15, -0.1) is 0 Å². The first kappa shape index (κ1) is 30.3. The molecule has 0 fully saturated rings. The molecular formula is C53H33NO. The van der Waals surface area contributed by atoms with Gasteiger partial charge in [0, 0.05) is 32.8 Å². The molecular weight excluding hydrogens is 667 g/mol. The van der Waals surface area contributed by atoms with E-state index in [1.807, 2.05) is 0 Å². The third kappa shape index (κ3) is 4.19. The maximum absolute atomic E-state index is 7.04. The molecule has 12 rings (SSSR count). The highest BCUT2D eigenvalue weighted by molar-refractivity contribution is 6.14. The largest absolute Gasteiger partial charge is 0.455 e. The van der Waals surface area contributed by atoms with E-state index >= 15 is 0 Å². The standard InChI is InChI=1S/C53H33NO/c1-3-16-37(17-4-1)53(38-18-5-2-6-19-38)47-24-11-9-20-41(47)44-32-46-43-23-13-22-40(52(43)55-51(46)33-48(44)53)36-27-29-50-45(31-36)42-21-10-12-25-49(42)54(50)39-28-26-34-14-7-8-15-35(34)30-39/h1-33H. The van der Waals surface area contributed by atoms with Crippen molar-refractivity contribution in [2.45, 2.75) is 5.41 Å². The molecule has 0 saturated carbocycles. The zero-order valence-electron chi connectivity index (χ0n) is 29.9. The van der Waals surface area contributed by atoms with E-state index in [1.165, 1.54) is 66.0 Å². The first-order chi connectivity index (χ1) is 27.3. The summed E-state index contributed by atoms with van der Waals surface area (Å²) in [7, 11) is 0. The van der Waals surface area contributed by atoms with Gasteiger partial charge < -0.3 is 8.98 Å². The summed E-state index contributed by atoms with van der Waals surface area (Å²) < 4.78 is 9.43. The number of para-hydroxylation sites is 2. The van der Waals surface area contributed by atoms with Crippen LogP contribution in [-0.4, -0.2) is 4.57 Å². The van der Waals surface area contributed by atoms with Crippen molar-refractivity contribution in [3.05, 3.63) is 222 Å². The lowest BCUT2D eigenvalue weighted by atomic mass is 9.67. The third-order valence-corrected chi connectivity index (χ3v) is 12.1. The van der Waals surface area contributed by atoms with E-state index < -0.39 is 5.41 Å². The first-order valence-electron chi connectivity index (χ1n) is 19.0. The zero-order chi connectivity index (χ0) is 36.1. The average Bonchev–Trinajstić information content (AvgIpc) is 3.89. The number of furan rings is 1. The number of benzene rings is 9. The summed E-state index contributed by atoms with van der Waals surface area (Å²) in [6, 6.07) is 73.1. The van der Waals surface area contributed by atoms with E-state index in [1.54, 1.807) is 0 Å². The molecule has 0 spiro atoms. The second-order valence-electron chi connectivity index (χ2n) is 14.8. The van der Waals surface area contributed by atoms with Crippen LogP contribution in [0.1, 0.15) is 22.3 Å². The van der Waals surface area contributed by atoms with Crippen LogP contribution in [0.25, 0.3) is 82.5 Å². The molecule has 0 saturated heterocycles. The maximum Gasteiger partial charge on any atom is 0.143 e. The minimum Gasteiger partial charge on any atom is -0.455 e. The Morgan fingerprint density at radius 3 is 1.89 bits per heavy atom. The van der Waals surface area contributed by atoms with Gasteiger partial charge >= 0.3 is 0 Å². The number of aromatic nitrogens is 1. The Morgan fingerprint density at radius 1 is 0.382 bits per heavy atom. The molecule has 1 aliphatic carbocycles. The predicted octanol–water partition coefficient (Wildman–Crippen LogP) is 13.9. The van der Waals surface area contributed by atoms with E-state index in [0.717, 1.165) is 38.8 Å². The summed E-state index contributed by atoms with van der Waals surface area (Å²) in [5.74, 6) is 0. The van der Waals surface area contributed by atoms with Crippen LogP contribution < -0.4 is 0 Å². The highest BCUT2D eigenvalue weighted by Crippen LogP contribution is 2.57. The number of rotatable bonds is 4. The summed E-state index contributed by atoms with van der Waals surface area (Å²) in [6.07, 6.45) is 0. The highest BCUT2D eigenvalue weighted by Gasteiger charge is 2.46. The fourth-order valence-corrected chi connectivity index (χ4v) is 9.69. The molecule has 2 heteroatoms. The molecule has 0 atom stereocenters. The Labute approximate surface area is 318 Å². The minimum atomic E-state index is -0.477. The van der Waals surface area contributed by atoms with Crippen LogP contribution in [0, 0.1) is 0 Å². The van der Waals surface area contributed by atoms with Crippen molar-refractivity contribution < 1.29 is 4.42 Å². The Hall–Kier alpha value is -7.16. The average molecular weight is 700 g/mol. The van der Waals surface area contributed by atoms with Crippen molar-refractivity contribution in [1.29, 1.82) is 0 Å². The van der Waals surface area contributed by atoms with Gasteiger partial charge in [0.1, 0.15) is 11.2 Å². The fraction of sp³-hybridized carbons (Fsp3) is 0.0189. The molecule has 256 valence electrons. The van der Waals surface area contributed by atoms with Gasteiger partial charge in [-0.2, -0.15) is 0 Å². The van der Waals surface area contributed by atoms with Gasteiger partial charge in [-0.1, -0.05) is 158 Å². The van der Waals surface area contributed by atoms with Gasteiger partial charge in [-0.3, -0.25) is 0 Å². The van der Waals surface area contributed by atoms with Gasteiger partial charge in [0.25, 0.3) is 0 Å². The second kappa shape index (κ2) is 11.4. The Balaban J connectivity index is 1.08. The van der Waals surface area contributed by atoms with Crippen molar-refractivity contribution in [2.75, 3.05) is 0 Å². The van der Waals surface area contributed by atoms with Crippen LogP contribution in [0.3, 0.4) is 0 Å². The molecule has 55 heavy (non-hydrogen) atoms. The molecule has 0 aliphatic heterocycles. The normalized spacial score (nSPS) is 13.2. The molecule has 1 aliphatic rings. The van der Waals surface area contributed by atoms with Crippen molar-refractivity contribution in [2.24, 2.45) is 0 Å². The Bertz CT molecular complexity index is 3270. The van der Waals surface area contributed by atoms with Crippen molar-refractivity contribution in [1.82, 2.24) is 4.57 Å². The smallest absolute Gasteiger partial charge is 0.143 e. The van der Waals surface area contributed by atoms with Crippen molar-refractivity contribution >= 4 is 54.5 Å². The van der Waals surface area contributed by atoms with E-state index in [9.17, 15) is 0 Å². The molecule has 0 bridgehead atoms. The summed E-state index contributed by atoms with van der Waals surface area (Å²) in [5, 5.41) is 7.20. The molecule has 2 aromatic heterocycles. The summed E-state index contributed by atoms with van der Waals surface area (Å²) in [5.41, 5.74) is 14.7. The zero-order valence-corrected chi connectivity index (χ0v) is 29.9. The Morgan fingerprint density at radius 2 is 1.05 bits per heavy atom. The summed E-state index contributed by atoms with van der Waals surface area (Å²) in [4.78, 5) is 0. The van der Waals surface area contributed by atoms with Crippen LogP contribution >= 0.6 is 0 Å². The van der Waals surface area contributed by atoms with E-state index in [-0.39, 0.29) is 0 Å². The van der Waals surface area contributed by atoms with E-state index in [4.69, 9.17) is 4.42 Å². The molecule has 2 nitrogen and oxygen atoms in total. The molecule has 11 aromatic rings. The van der Waals surface area contributed by atoms with Crippen LogP contribution in [0.2, 0.25) is 0 Å². The van der Waals surface area contributed by atoms with Crippen LogP contribution in [0.5, 0.6) is 0 Å². The number of fused-ring (bicyclic) bond motifs is 10. The summed E-state index contributed by atoms with van der Waals surface area (Å²) >= 11 is 0. The Kier molecular flexibility index (Phi) is 6.29. The summed E-state index contributed by atoms with van der Waals surface area (Å²) in [6.45, 7) is 0. The van der Waals surface area contributed by atoms with Gasteiger partial charge in [0.15, 0.2) is 0 Å². The number of nitrogens with zero attached hydrogens (tertiary/aromatic N) is 1. The maximum atomic E-state index is 7.04. The molecule has 0 amide bonds. The lowest BCUT2D eigenvalue weighted by Gasteiger charge is -2.33. The first-order valence-corrected chi connectivity index (χ1v) is 19.0. The molecule has 0 radical (unpaired) electrons. The number of hydrogen-bond donors (Lipinski definition) is 0. The molecule has 2 heterocycles. The lowest BCUT2D eigenvalue weighted by molar-refractivity contribution is 0.667.